The van der Waals surface area contributed by atoms with Gasteiger partial charge in [-0.2, -0.15) is 5.10 Å². The van der Waals surface area contributed by atoms with Crippen LogP contribution in [0.3, 0.4) is 0 Å². The SMILES string of the molecule is COc1cc(OC)cc(N2CCC(N(C)c3cnn(C)c(=O)c3Cl)C2)c1. The van der Waals surface area contributed by atoms with Gasteiger partial charge in [-0.05, 0) is 6.42 Å². The van der Waals surface area contributed by atoms with Crippen molar-refractivity contribution in [3.8, 4) is 11.5 Å². The number of halogens is 1. The van der Waals surface area contributed by atoms with Crippen LogP contribution in [-0.2, 0) is 7.05 Å². The third kappa shape index (κ3) is 3.44. The number of methoxy groups -OCH3 is 2. The minimum atomic E-state index is -0.289. The zero-order valence-corrected chi connectivity index (χ0v) is 16.2. The van der Waals surface area contributed by atoms with Crippen molar-refractivity contribution in [3.05, 3.63) is 39.8 Å². The molecule has 8 heteroatoms. The lowest BCUT2D eigenvalue weighted by Crippen LogP contribution is -2.36. The van der Waals surface area contributed by atoms with E-state index in [4.69, 9.17) is 21.1 Å². The predicted octanol–water partition coefficient (Wildman–Crippen LogP) is 2.17. The molecule has 0 amide bonds. The summed E-state index contributed by atoms with van der Waals surface area (Å²) in [6.45, 7) is 1.69. The summed E-state index contributed by atoms with van der Waals surface area (Å²) >= 11 is 6.24. The van der Waals surface area contributed by atoms with Gasteiger partial charge in [0.15, 0.2) is 0 Å². The first-order valence-electron chi connectivity index (χ1n) is 8.37. The molecule has 26 heavy (non-hydrogen) atoms. The van der Waals surface area contributed by atoms with Crippen molar-refractivity contribution in [3.63, 3.8) is 0 Å². The van der Waals surface area contributed by atoms with E-state index in [9.17, 15) is 4.79 Å². The standard InChI is InChI=1S/C18H23ClN4O3/c1-21(16-10-20-22(2)18(24)17(16)19)12-5-6-23(11-12)13-7-14(25-3)9-15(8-13)26-4/h7-10,12H,5-6,11H2,1-4H3. The fourth-order valence-electron chi connectivity index (χ4n) is 3.21. The van der Waals surface area contributed by atoms with E-state index in [2.05, 4.69) is 10.00 Å². The van der Waals surface area contributed by atoms with Crippen molar-refractivity contribution < 1.29 is 9.47 Å². The quantitative estimate of drug-likeness (QED) is 0.794. The van der Waals surface area contributed by atoms with Gasteiger partial charge in [0.1, 0.15) is 16.5 Å². The topological polar surface area (TPSA) is 59.8 Å². The number of nitrogens with zero attached hydrogens (tertiary/aromatic N) is 4. The second-order valence-corrected chi connectivity index (χ2v) is 6.72. The Bertz CT molecular complexity index is 833. The number of likely N-dealkylation sites (N-methyl/N-ethyl adjacent to an activating group) is 1. The highest BCUT2D eigenvalue weighted by atomic mass is 35.5. The summed E-state index contributed by atoms with van der Waals surface area (Å²) in [6.07, 6.45) is 2.59. The summed E-state index contributed by atoms with van der Waals surface area (Å²) in [4.78, 5) is 16.3. The molecule has 1 aromatic carbocycles. The van der Waals surface area contributed by atoms with E-state index in [0.717, 1.165) is 36.7 Å². The molecule has 0 N–H and O–H groups in total. The largest absolute Gasteiger partial charge is 0.497 e. The number of ether oxygens (including phenoxy) is 2. The fourth-order valence-corrected chi connectivity index (χ4v) is 3.52. The molecular formula is C18H23ClN4O3. The van der Waals surface area contributed by atoms with Crippen molar-refractivity contribution in [1.29, 1.82) is 0 Å². The Morgan fingerprint density at radius 3 is 2.50 bits per heavy atom. The number of rotatable bonds is 5. The molecule has 2 heterocycles. The van der Waals surface area contributed by atoms with Gasteiger partial charge in [0.25, 0.3) is 5.56 Å². The third-order valence-electron chi connectivity index (χ3n) is 4.85. The maximum atomic E-state index is 12.0. The summed E-state index contributed by atoms with van der Waals surface area (Å²) in [5, 5.41) is 4.29. The summed E-state index contributed by atoms with van der Waals surface area (Å²) < 4.78 is 12.0. The number of aryl methyl sites for hydroxylation is 1. The second kappa shape index (κ2) is 7.45. The minimum absolute atomic E-state index is 0.200. The lowest BCUT2D eigenvalue weighted by molar-refractivity contribution is 0.394. The highest BCUT2D eigenvalue weighted by molar-refractivity contribution is 6.33. The molecule has 7 nitrogen and oxygen atoms in total. The van der Waals surface area contributed by atoms with E-state index in [0.29, 0.717) is 5.69 Å². The van der Waals surface area contributed by atoms with E-state index >= 15 is 0 Å². The zero-order chi connectivity index (χ0) is 18.8. The molecule has 140 valence electrons. The average molecular weight is 379 g/mol. The average Bonchev–Trinajstić information content (AvgIpc) is 3.15. The third-order valence-corrected chi connectivity index (χ3v) is 5.21. The zero-order valence-electron chi connectivity index (χ0n) is 15.4. The second-order valence-electron chi connectivity index (χ2n) is 6.34. The monoisotopic (exact) mass is 378 g/mol. The summed E-state index contributed by atoms with van der Waals surface area (Å²) in [5.41, 5.74) is 1.42. The van der Waals surface area contributed by atoms with E-state index < -0.39 is 0 Å². The number of hydrogen-bond donors (Lipinski definition) is 0. The van der Waals surface area contributed by atoms with Crippen molar-refractivity contribution >= 4 is 23.0 Å². The first kappa shape index (κ1) is 18.4. The van der Waals surface area contributed by atoms with Crippen molar-refractivity contribution in [2.75, 3.05) is 44.2 Å². The van der Waals surface area contributed by atoms with Gasteiger partial charge in [-0.3, -0.25) is 4.79 Å². The Balaban J connectivity index is 1.80. The molecule has 0 bridgehead atoms. The number of benzene rings is 1. The molecule has 2 aromatic rings. The number of hydrogen-bond acceptors (Lipinski definition) is 6. The van der Waals surface area contributed by atoms with Crippen molar-refractivity contribution in [1.82, 2.24) is 9.78 Å². The van der Waals surface area contributed by atoms with E-state index in [1.165, 1.54) is 4.68 Å². The molecule has 0 aliphatic carbocycles. The highest BCUT2D eigenvalue weighted by Gasteiger charge is 2.28. The van der Waals surface area contributed by atoms with Crippen LogP contribution in [0.2, 0.25) is 5.02 Å². The van der Waals surface area contributed by atoms with Crippen LogP contribution in [-0.4, -0.2) is 50.2 Å². The first-order valence-corrected chi connectivity index (χ1v) is 8.75. The highest BCUT2D eigenvalue weighted by Crippen LogP contribution is 2.32. The molecule has 1 atom stereocenters. The van der Waals surface area contributed by atoms with Crippen LogP contribution in [0.1, 0.15) is 6.42 Å². The van der Waals surface area contributed by atoms with Gasteiger partial charge in [-0.25, -0.2) is 4.68 Å². The lowest BCUT2D eigenvalue weighted by atomic mass is 10.2. The molecule has 0 spiro atoms. The van der Waals surface area contributed by atoms with Gasteiger partial charge in [0.05, 0.1) is 26.1 Å². The molecule has 3 rings (SSSR count). The normalized spacial score (nSPS) is 16.7. The Hall–Kier alpha value is -2.41. The maximum absolute atomic E-state index is 12.0. The van der Waals surface area contributed by atoms with Gasteiger partial charge in [0, 0.05) is 57.1 Å². The van der Waals surface area contributed by atoms with E-state index in [1.807, 2.05) is 30.1 Å². The van der Waals surface area contributed by atoms with Crippen molar-refractivity contribution in [2.45, 2.75) is 12.5 Å². The molecule has 1 aliphatic heterocycles. The van der Waals surface area contributed by atoms with Gasteiger partial charge in [-0.1, -0.05) is 11.6 Å². The fraction of sp³-hybridized carbons (Fsp3) is 0.444. The van der Waals surface area contributed by atoms with Gasteiger partial charge < -0.3 is 19.3 Å². The minimum Gasteiger partial charge on any atom is -0.497 e. The van der Waals surface area contributed by atoms with Gasteiger partial charge >= 0.3 is 0 Å². The Morgan fingerprint density at radius 1 is 1.23 bits per heavy atom. The Labute approximate surface area is 157 Å². The molecular weight excluding hydrogens is 356 g/mol. The Morgan fingerprint density at radius 2 is 1.88 bits per heavy atom. The summed E-state index contributed by atoms with van der Waals surface area (Å²) in [5.74, 6) is 1.52. The van der Waals surface area contributed by atoms with Crippen LogP contribution >= 0.6 is 11.6 Å². The van der Waals surface area contributed by atoms with Crippen molar-refractivity contribution in [2.24, 2.45) is 7.05 Å². The van der Waals surface area contributed by atoms with Crippen LogP contribution in [0.4, 0.5) is 11.4 Å². The van der Waals surface area contributed by atoms with Gasteiger partial charge in [-0.15, -0.1) is 0 Å². The Kier molecular flexibility index (Phi) is 5.27. The molecule has 0 saturated carbocycles. The molecule has 0 radical (unpaired) electrons. The molecule has 1 saturated heterocycles. The predicted molar refractivity (Wildman–Crippen MR) is 103 cm³/mol. The molecule has 1 aliphatic rings. The molecule has 1 fully saturated rings. The number of aromatic nitrogens is 2. The van der Waals surface area contributed by atoms with Crippen LogP contribution in [0.5, 0.6) is 11.5 Å². The van der Waals surface area contributed by atoms with Gasteiger partial charge in [0.2, 0.25) is 0 Å². The van der Waals surface area contributed by atoms with Crippen LogP contribution in [0.15, 0.2) is 29.2 Å². The molecule has 1 aromatic heterocycles. The van der Waals surface area contributed by atoms with E-state index in [-0.39, 0.29) is 16.6 Å². The van der Waals surface area contributed by atoms with Crippen LogP contribution in [0.25, 0.3) is 0 Å². The maximum Gasteiger partial charge on any atom is 0.287 e. The smallest absolute Gasteiger partial charge is 0.287 e. The number of anilines is 2. The first-order chi connectivity index (χ1) is 12.4. The summed E-state index contributed by atoms with van der Waals surface area (Å²) in [6, 6.07) is 6.07. The van der Waals surface area contributed by atoms with Crippen LogP contribution < -0.4 is 24.8 Å². The lowest BCUT2D eigenvalue weighted by Gasteiger charge is -2.28. The van der Waals surface area contributed by atoms with E-state index in [1.54, 1.807) is 27.5 Å². The van der Waals surface area contributed by atoms with Crippen LogP contribution in [0, 0.1) is 0 Å². The summed E-state index contributed by atoms with van der Waals surface area (Å²) in [7, 11) is 6.82. The molecule has 1 unspecified atom stereocenters.